The zero-order valence-electron chi connectivity index (χ0n) is 14.7. The Kier molecular flexibility index (Phi) is 4.71. The minimum absolute atomic E-state index is 0.0811. The van der Waals surface area contributed by atoms with Gasteiger partial charge in [-0.05, 0) is 19.2 Å². The lowest BCUT2D eigenvalue weighted by Gasteiger charge is -2.30. The highest BCUT2D eigenvalue weighted by atomic mass is 35.5. The molecule has 1 fully saturated rings. The first-order chi connectivity index (χ1) is 12.7. The third-order valence-corrected chi connectivity index (χ3v) is 4.83. The van der Waals surface area contributed by atoms with Crippen LogP contribution in [0.3, 0.4) is 0 Å². The molecule has 1 aliphatic heterocycles. The predicted octanol–water partition coefficient (Wildman–Crippen LogP) is 2.11. The van der Waals surface area contributed by atoms with E-state index in [0.29, 0.717) is 29.0 Å². The molecule has 26 heavy (non-hydrogen) atoms. The molecule has 9 heteroatoms. The molecule has 1 unspecified atom stereocenters. The van der Waals surface area contributed by atoms with Gasteiger partial charge in [-0.1, -0.05) is 35.8 Å². The van der Waals surface area contributed by atoms with Crippen molar-refractivity contribution in [3.63, 3.8) is 0 Å². The summed E-state index contributed by atoms with van der Waals surface area (Å²) in [5.74, 6) is 2.15. The second-order valence-corrected chi connectivity index (χ2v) is 6.63. The summed E-state index contributed by atoms with van der Waals surface area (Å²) in [5, 5.41) is 12.7. The van der Waals surface area contributed by atoms with Crippen LogP contribution in [0.5, 0.6) is 0 Å². The fourth-order valence-electron chi connectivity index (χ4n) is 3.04. The summed E-state index contributed by atoms with van der Waals surface area (Å²) in [5.41, 5.74) is 0.778. The van der Waals surface area contributed by atoms with Crippen LogP contribution in [0, 0.1) is 0 Å². The van der Waals surface area contributed by atoms with Gasteiger partial charge in [-0.2, -0.15) is 4.98 Å². The molecule has 0 radical (unpaired) electrons. The van der Waals surface area contributed by atoms with Crippen LogP contribution < -0.4 is 5.32 Å². The maximum atomic E-state index is 6.31. The molecule has 3 heterocycles. The fraction of sp³-hybridized carbons (Fsp3) is 0.412. The molecule has 2 aromatic heterocycles. The van der Waals surface area contributed by atoms with E-state index in [4.69, 9.17) is 16.1 Å². The van der Waals surface area contributed by atoms with Crippen LogP contribution >= 0.6 is 11.6 Å². The van der Waals surface area contributed by atoms with Gasteiger partial charge in [-0.3, -0.25) is 4.90 Å². The fourth-order valence-corrected chi connectivity index (χ4v) is 3.25. The van der Waals surface area contributed by atoms with Crippen LogP contribution in [0.15, 0.2) is 28.8 Å². The van der Waals surface area contributed by atoms with Crippen LogP contribution in [0.2, 0.25) is 5.02 Å². The van der Waals surface area contributed by atoms with Gasteiger partial charge in [-0.25, -0.2) is 9.67 Å². The molecule has 0 saturated carbocycles. The number of hydrogen-bond donors (Lipinski definition) is 1. The number of aromatic nitrogens is 5. The second-order valence-electron chi connectivity index (χ2n) is 6.23. The Morgan fingerprint density at radius 2 is 2.15 bits per heavy atom. The highest BCUT2D eigenvalue weighted by Crippen LogP contribution is 2.24. The van der Waals surface area contributed by atoms with Crippen LogP contribution in [0.25, 0.3) is 17.4 Å². The Labute approximate surface area is 156 Å². The predicted molar refractivity (Wildman–Crippen MR) is 97.3 cm³/mol. The van der Waals surface area contributed by atoms with E-state index in [2.05, 4.69) is 37.5 Å². The number of rotatable bonds is 4. The molecule has 1 aliphatic rings. The van der Waals surface area contributed by atoms with E-state index in [1.54, 1.807) is 4.68 Å². The molecule has 0 amide bonds. The summed E-state index contributed by atoms with van der Waals surface area (Å²) in [4.78, 5) is 11.3. The molecule has 1 aromatic carbocycles. The Hall–Kier alpha value is -2.29. The number of piperazine rings is 1. The molecule has 1 atom stereocenters. The smallest absolute Gasteiger partial charge is 0.297 e. The minimum atomic E-state index is 0.0811. The maximum Gasteiger partial charge on any atom is 0.297 e. The summed E-state index contributed by atoms with van der Waals surface area (Å²) in [6.07, 6.45) is 0.703. The highest BCUT2D eigenvalue weighted by Gasteiger charge is 2.27. The van der Waals surface area contributed by atoms with Gasteiger partial charge in [0.15, 0.2) is 5.82 Å². The number of para-hydroxylation sites is 1. The topological polar surface area (TPSA) is 84.9 Å². The Bertz CT molecular complexity index is 906. The SMILES string of the molecule is CCc1nc(-c2nc(C3CNCCN3C)no2)nn1-c1ccccc1Cl. The van der Waals surface area contributed by atoms with Crippen LogP contribution in [-0.2, 0) is 6.42 Å². The monoisotopic (exact) mass is 373 g/mol. The zero-order chi connectivity index (χ0) is 18.1. The molecule has 136 valence electrons. The van der Waals surface area contributed by atoms with E-state index in [1.165, 1.54) is 0 Å². The van der Waals surface area contributed by atoms with Crippen molar-refractivity contribution in [2.75, 3.05) is 26.7 Å². The number of benzene rings is 1. The van der Waals surface area contributed by atoms with Crippen LogP contribution in [0.4, 0.5) is 0 Å². The number of likely N-dealkylation sites (N-methyl/N-ethyl adjacent to an activating group) is 1. The molecule has 1 saturated heterocycles. The van der Waals surface area contributed by atoms with E-state index in [9.17, 15) is 0 Å². The molecule has 3 aromatic rings. The maximum absolute atomic E-state index is 6.31. The quantitative estimate of drug-likeness (QED) is 0.749. The van der Waals surface area contributed by atoms with Gasteiger partial charge in [0, 0.05) is 26.1 Å². The molecule has 1 N–H and O–H groups in total. The number of aryl methyl sites for hydroxylation is 1. The van der Waals surface area contributed by atoms with E-state index in [0.717, 1.165) is 31.1 Å². The number of nitrogens with zero attached hydrogens (tertiary/aromatic N) is 6. The van der Waals surface area contributed by atoms with Crippen molar-refractivity contribution in [3.05, 3.63) is 40.9 Å². The first kappa shape index (κ1) is 17.1. The van der Waals surface area contributed by atoms with E-state index < -0.39 is 0 Å². The summed E-state index contributed by atoms with van der Waals surface area (Å²) in [7, 11) is 2.06. The number of halogens is 1. The molecule has 0 aliphatic carbocycles. The third kappa shape index (κ3) is 3.11. The normalized spacial score (nSPS) is 18.3. The number of hydrogen-bond acceptors (Lipinski definition) is 7. The van der Waals surface area contributed by atoms with E-state index in [-0.39, 0.29) is 6.04 Å². The van der Waals surface area contributed by atoms with Crippen molar-refractivity contribution in [3.8, 4) is 17.4 Å². The molecule has 0 spiro atoms. The Balaban J connectivity index is 1.68. The second kappa shape index (κ2) is 7.14. The largest absolute Gasteiger partial charge is 0.330 e. The molecular formula is C17H20ClN7O. The first-order valence-corrected chi connectivity index (χ1v) is 9.01. The van der Waals surface area contributed by atoms with Gasteiger partial charge < -0.3 is 9.84 Å². The Morgan fingerprint density at radius 3 is 2.92 bits per heavy atom. The lowest BCUT2D eigenvalue weighted by molar-refractivity contribution is 0.190. The number of nitrogens with one attached hydrogen (secondary N) is 1. The van der Waals surface area contributed by atoms with Gasteiger partial charge >= 0.3 is 0 Å². The average molecular weight is 374 g/mol. The van der Waals surface area contributed by atoms with Crippen molar-refractivity contribution >= 4 is 11.6 Å². The summed E-state index contributed by atoms with van der Waals surface area (Å²) >= 11 is 6.31. The standard InChI is InChI=1S/C17H20ClN7O/c1-3-14-20-16(22-25(14)12-7-5-4-6-11(12)18)17-21-15(23-26-17)13-10-19-8-9-24(13)2/h4-7,13,19H,3,8-10H2,1-2H3. The van der Waals surface area contributed by atoms with Gasteiger partial charge in [0.1, 0.15) is 5.82 Å². The van der Waals surface area contributed by atoms with Crippen molar-refractivity contribution in [2.24, 2.45) is 0 Å². The third-order valence-electron chi connectivity index (χ3n) is 4.51. The van der Waals surface area contributed by atoms with Crippen molar-refractivity contribution < 1.29 is 4.52 Å². The summed E-state index contributed by atoms with van der Waals surface area (Å²) in [6.45, 7) is 4.70. The lowest BCUT2D eigenvalue weighted by Crippen LogP contribution is -2.44. The minimum Gasteiger partial charge on any atom is -0.330 e. The summed E-state index contributed by atoms with van der Waals surface area (Å²) in [6, 6.07) is 7.61. The molecule has 4 rings (SSSR count). The first-order valence-electron chi connectivity index (χ1n) is 8.63. The van der Waals surface area contributed by atoms with Crippen LogP contribution in [0.1, 0.15) is 24.6 Å². The van der Waals surface area contributed by atoms with Crippen molar-refractivity contribution in [2.45, 2.75) is 19.4 Å². The van der Waals surface area contributed by atoms with E-state index >= 15 is 0 Å². The Morgan fingerprint density at radius 1 is 1.31 bits per heavy atom. The van der Waals surface area contributed by atoms with Gasteiger partial charge in [0.25, 0.3) is 5.89 Å². The zero-order valence-corrected chi connectivity index (χ0v) is 15.4. The van der Waals surface area contributed by atoms with E-state index in [1.807, 2.05) is 31.2 Å². The highest BCUT2D eigenvalue weighted by molar-refractivity contribution is 6.32. The summed E-state index contributed by atoms with van der Waals surface area (Å²) < 4.78 is 7.18. The van der Waals surface area contributed by atoms with Gasteiger partial charge in [0.2, 0.25) is 5.82 Å². The molecule has 0 bridgehead atoms. The van der Waals surface area contributed by atoms with Crippen LogP contribution in [-0.4, -0.2) is 56.5 Å². The van der Waals surface area contributed by atoms with Gasteiger partial charge in [0.05, 0.1) is 16.8 Å². The molecular weight excluding hydrogens is 354 g/mol. The lowest BCUT2D eigenvalue weighted by atomic mass is 10.2. The molecule has 8 nitrogen and oxygen atoms in total. The van der Waals surface area contributed by atoms with Crippen molar-refractivity contribution in [1.82, 2.24) is 35.1 Å². The van der Waals surface area contributed by atoms with Crippen molar-refractivity contribution in [1.29, 1.82) is 0 Å². The van der Waals surface area contributed by atoms with Gasteiger partial charge in [-0.15, -0.1) is 5.10 Å². The average Bonchev–Trinajstić information content (AvgIpc) is 3.29.